The van der Waals surface area contributed by atoms with E-state index in [0.29, 0.717) is 0 Å². The highest BCUT2D eigenvalue weighted by molar-refractivity contribution is 4.92. The average molecular weight is 279 g/mol. The van der Waals surface area contributed by atoms with E-state index >= 15 is 0 Å². The fourth-order valence-electron chi connectivity index (χ4n) is 1.89. The number of ether oxygens (including phenoxy) is 1. The first kappa shape index (κ1) is 18.4. The third kappa shape index (κ3) is 5.99. The number of hydrogen-bond donors (Lipinski definition) is 2. The predicted octanol–water partition coefficient (Wildman–Crippen LogP) is 1.25. The Labute approximate surface area is 119 Å². The van der Waals surface area contributed by atoms with Crippen molar-refractivity contribution in [3.05, 3.63) is 0 Å². The minimum atomic E-state index is -0.955. The molecule has 2 N–H and O–H groups in total. The SMILES string of the molecule is CC(COCCC#N)(C(O)CCC#N)C(O)CCC#N. The Hall–Kier alpha value is -1.65. The normalized spacial score (nSPS) is 16.2. The molecule has 0 bridgehead atoms. The summed E-state index contributed by atoms with van der Waals surface area (Å²) in [5, 5.41) is 46.0. The van der Waals surface area contributed by atoms with Gasteiger partial charge in [-0.05, 0) is 12.8 Å². The van der Waals surface area contributed by atoms with Crippen molar-refractivity contribution in [2.45, 2.75) is 51.2 Å². The number of nitrogens with zero attached hydrogens (tertiary/aromatic N) is 3. The molecular weight excluding hydrogens is 258 g/mol. The Morgan fingerprint density at radius 3 is 1.80 bits per heavy atom. The van der Waals surface area contributed by atoms with Gasteiger partial charge in [0.2, 0.25) is 0 Å². The van der Waals surface area contributed by atoms with E-state index in [2.05, 4.69) is 0 Å². The van der Waals surface area contributed by atoms with Crippen LogP contribution in [0.2, 0.25) is 0 Å². The van der Waals surface area contributed by atoms with Crippen molar-refractivity contribution in [2.24, 2.45) is 5.41 Å². The van der Waals surface area contributed by atoms with Crippen molar-refractivity contribution in [3.63, 3.8) is 0 Å². The fourth-order valence-corrected chi connectivity index (χ4v) is 1.89. The van der Waals surface area contributed by atoms with Crippen LogP contribution in [0.3, 0.4) is 0 Å². The summed E-state index contributed by atoms with van der Waals surface area (Å²) in [4.78, 5) is 0. The predicted molar refractivity (Wildman–Crippen MR) is 70.9 cm³/mol. The first-order chi connectivity index (χ1) is 9.52. The summed E-state index contributed by atoms with van der Waals surface area (Å²) in [6, 6.07) is 5.85. The van der Waals surface area contributed by atoms with Gasteiger partial charge in [-0.3, -0.25) is 0 Å². The molecular formula is C14H21N3O3. The maximum Gasteiger partial charge on any atom is 0.0650 e. The zero-order chi connectivity index (χ0) is 15.4. The first-order valence-electron chi connectivity index (χ1n) is 6.57. The van der Waals surface area contributed by atoms with Crippen LogP contribution in [0, 0.1) is 39.4 Å². The molecule has 0 saturated heterocycles. The van der Waals surface area contributed by atoms with Gasteiger partial charge in [0.25, 0.3) is 0 Å². The van der Waals surface area contributed by atoms with Crippen molar-refractivity contribution in [2.75, 3.05) is 13.2 Å². The van der Waals surface area contributed by atoms with E-state index in [9.17, 15) is 10.2 Å². The maximum atomic E-state index is 10.2. The molecule has 0 heterocycles. The Morgan fingerprint density at radius 2 is 1.40 bits per heavy atom. The summed E-state index contributed by atoms with van der Waals surface area (Å²) >= 11 is 0. The molecule has 2 unspecified atom stereocenters. The van der Waals surface area contributed by atoms with Gasteiger partial charge in [0.15, 0.2) is 0 Å². The van der Waals surface area contributed by atoms with Gasteiger partial charge in [-0.25, -0.2) is 0 Å². The lowest BCUT2D eigenvalue weighted by molar-refractivity contribution is -0.107. The molecule has 20 heavy (non-hydrogen) atoms. The van der Waals surface area contributed by atoms with Crippen LogP contribution < -0.4 is 0 Å². The van der Waals surface area contributed by atoms with Crippen LogP contribution in [0.4, 0.5) is 0 Å². The number of nitriles is 3. The minimum Gasteiger partial charge on any atom is -0.392 e. The van der Waals surface area contributed by atoms with E-state index in [0.717, 1.165) is 0 Å². The second kappa shape index (κ2) is 10.2. The molecule has 0 aromatic carbocycles. The highest BCUT2D eigenvalue weighted by Gasteiger charge is 2.39. The lowest BCUT2D eigenvalue weighted by Gasteiger charge is -2.38. The molecule has 0 rings (SSSR count). The topological polar surface area (TPSA) is 121 Å². The van der Waals surface area contributed by atoms with Crippen LogP contribution in [0.5, 0.6) is 0 Å². The first-order valence-corrected chi connectivity index (χ1v) is 6.57. The van der Waals surface area contributed by atoms with Crippen LogP contribution in [0.25, 0.3) is 0 Å². The zero-order valence-electron chi connectivity index (χ0n) is 11.7. The molecule has 0 amide bonds. The Balaban J connectivity index is 4.69. The number of rotatable bonds is 10. The highest BCUT2D eigenvalue weighted by atomic mass is 16.5. The second-order valence-electron chi connectivity index (χ2n) is 4.89. The molecule has 0 aliphatic carbocycles. The third-order valence-electron chi connectivity index (χ3n) is 3.35. The maximum absolute atomic E-state index is 10.2. The molecule has 0 aromatic heterocycles. The molecule has 0 spiro atoms. The minimum absolute atomic E-state index is 0.0773. The van der Waals surface area contributed by atoms with E-state index in [1.165, 1.54) is 0 Å². The van der Waals surface area contributed by atoms with Gasteiger partial charge in [-0.1, -0.05) is 6.92 Å². The molecule has 6 nitrogen and oxygen atoms in total. The Morgan fingerprint density at radius 1 is 0.950 bits per heavy atom. The smallest absolute Gasteiger partial charge is 0.0650 e. The Bertz CT molecular complexity index is 368. The molecule has 0 radical (unpaired) electrons. The van der Waals surface area contributed by atoms with E-state index in [4.69, 9.17) is 20.5 Å². The molecule has 110 valence electrons. The second-order valence-corrected chi connectivity index (χ2v) is 4.89. The number of aliphatic hydroxyl groups excluding tert-OH is 2. The number of aliphatic hydroxyl groups is 2. The summed E-state index contributed by atoms with van der Waals surface area (Å²) in [6.45, 7) is 1.97. The van der Waals surface area contributed by atoms with Crippen LogP contribution in [0.15, 0.2) is 0 Å². The quantitative estimate of drug-likeness (QED) is 0.580. The standard InChI is InChI=1S/C14H21N3O3/c1-14(11-20-10-4-9-17,12(18)5-2-7-15)13(19)6-3-8-16/h12-13,18-19H,2-6,10-11H2,1H3. The molecule has 0 aliphatic heterocycles. The molecule has 0 saturated carbocycles. The van der Waals surface area contributed by atoms with Crippen LogP contribution >= 0.6 is 0 Å². The van der Waals surface area contributed by atoms with Gasteiger partial charge < -0.3 is 14.9 Å². The molecule has 0 aromatic rings. The molecule has 6 heteroatoms. The van der Waals surface area contributed by atoms with E-state index in [-0.39, 0.29) is 45.3 Å². The molecule has 0 fully saturated rings. The monoisotopic (exact) mass is 279 g/mol. The van der Waals surface area contributed by atoms with Gasteiger partial charge in [-0.15, -0.1) is 0 Å². The van der Waals surface area contributed by atoms with Crippen molar-refractivity contribution in [3.8, 4) is 18.2 Å². The van der Waals surface area contributed by atoms with Crippen LogP contribution in [-0.2, 0) is 4.74 Å². The molecule has 0 aliphatic rings. The van der Waals surface area contributed by atoms with Crippen molar-refractivity contribution >= 4 is 0 Å². The van der Waals surface area contributed by atoms with Crippen molar-refractivity contribution in [1.82, 2.24) is 0 Å². The van der Waals surface area contributed by atoms with Gasteiger partial charge in [0, 0.05) is 18.3 Å². The number of hydrogen-bond acceptors (Lipinski definition) is 6. The van der Waals surface area contributed by atoms with Gasteiger partial charge in [0.05, 0.1) is 50.1 Å². The van der Waals surface area contributed by atoms with E-state index < -0.39 is 17.6 Å². The van der Waals surface area contributed by atoms with Crippen molar-refractivity contribution < 1.29 is 14.9 Å². The van der Waals surface area contributed by atoms with E-state index in [1.54, 1.807) is 6.92 Å². The Kier molecular flexibility index (Phi) is 9.34. The van der Waals surface area contributed by atoms with Gasteiger partial charge >= 0.3 is 0 Å². The van der Waals surface area contributed by atoms with Crippen LogP contribution in [-0.4, -0.2) is 35.6 Å². The lowest BCUT2D eigenvalue weighted by atomic mass is 9.76. The summed E-state index contributed by atoms with van der Waals surface area (Å²) in [5.74, 6) is 0. The van der Waals surface area contributed by atoms with Gasteiger partial charge in [0.1, 0.15) is 0 Å². The van der Waals surface area contributed by atoms with Crippen molar-refractivity contribution in [1.29, 1.82) is 15.8 Å². The summed E-state index contributed by atoms with van der Waals surface area (Å²) in [5.41, 5.74) is -0.955. The fraction of sp³-hybridized carbons (Fsp3) is 0.786. The third-order valence-corrected chi connectivity index (χ3v) is 3.35. The van der Waals surface area contributed by atoms with Gasteiger partial charge in [-0.2, -0.15) is 15.8 Å². The highest BCUT2D eigenvalue weighted by Crippen LogP contribution is 2.32. The average Bonchev–Trinajstić information content (AvgIpc) is 2.46. The lowest BCUT2D eigenvalue weighted by Crippen LogP contribution is -2.46. The van der Waals surface area contributed by atoms with E-state index in [1.807, 2.05) is 18.2 Å². The largest absolute Gasteiger partial charge is 0.392 e. The summed E-state index contributed by atoms with van der Waals surface area (Å²) in [6.07, 6.45) is -0.745. The summed E-state index contributed by atoms with van der Waals surface area (Å²) in [7, 11) is 0. The molecule has 2 atom stereocenters. The summed E-state index contributed by atoms with van der Waals surface area (Å²) < 4.78 is 5.33. The zero-order valence-corrected chi connectivity index (χ0v) is 11.7. The van der Waals surface area contributed by atoms with Crippen LogP contribution in [0.1, 0.15) is 39.0 Å².